The first-order valence-electron chi connectivity index (χ1n) is 3.27. The van der Waals surface area contributed by atoms with Gasteiger partial charge in [0.1, 0.15) is 5.52 Å². The second kappa shape index (κ2) is 3.05. The van der Waals surface area contributed by atoms with Crippen LogP contribution in [-0.2, 0) is 0 Å². The van der Waals surface area contributed by atoms with Crippen molar-refractivity contribution in [3.05, 3.63) is 20.6 Å². The van der Waals surface area contributed by atoms with Crippen LogP contribution in [0.15, 0.2) is 15.0 Å². The van der Waals surface area contributed by atoms with Gasteiger partial charge < -0.3 is 0 Å². The molecule has 0 amide bonds. The van der Waals surface area contributed by atoms with Crippen molar-refractivity contribution in [1.29, 1.82) is 0 Å². The van der Waals surface area contributed by atoms with Gasteiger partial charge in [-0.3, -0.25) is 0 Å². The Kier molecular flexibility index (Phi) is 2.18. The van der Waals surface area contributed by atoms with Crippen LogP contribution >= 0.6 is 43.4 Å². The third kappa shape index (κ3) is 1.20. The van der Waals surface area contributed by atoms with Gasteiger partial charge in [-0.25, -0.2) is 0 Å². The first-order valence-corrected chi connectivity index (χ1v) is 5.63. The number of nitrogens with zero attached hydrogens (tertiary/aromatic N) is 2. The van der Waals surface area contributed by atoms with E-state index in [4.69, 9.17) is 0 Å². The molecule has 0 N–H and O–H groups in total. The van der Waals surface area contributed by atoms with Crippen molar-refractivity contribution in [2.45, 2.75) is 6.92 Å². The van der Waals surface area contributed by atoms with Gasteiger partial charge in [-0.1, -0.05) is 4.49 Å². The van der Waals surface area contributed by atoms with E-state index in [1.165, 1.54) is 17.1 Å². The van der Waals surface area contributed by atoms with Gasteiger partial charge in [0.15, 0.2) is 0 Å². The smallest absolute Gasteiger partial charge is 0.121 e. The van der Waals surface area contributed by atoms with Gasteiger partial charge in [0.25, 0.3) is 0 Å². The summed E-state index contributed by atoms with van der Waals surface area (Å²) in [5.74, 6) is 0. The Morgan fingerprint density at radius 3 is 2.92 bits per heavy atom. The van der Waals surface area contributed by atoms with Crippen LogP contribution in [0, 0.1) is 6.92 Å². The molecule has 0 bridgehead atoms. The largest absolute Gasteiger partial charge is 0.137 e. The molecule has 0 aliphatic heterocycles. The first kappa shape index (κ1) is 8.59. The second-order valence-electron chi connectivity index (χ2n) is 2.44. The Labute approximate surface area is 90.4 Å². The Hall–Kier alpha value is -0.000000000000000111. The van der Waals surface area contributed by atoms with Gasteiger partial charge in [0.2, 0.25) is 0 Å². The van der Waals surface area contributed by atoms with E-state index < -0.39 is 0 Å². The van der Waals surface area contributed by atoms with E-state index in [0.717, 1.165) is 19.2 Å². The molecule has 0 aliphatic carbocycles. The highest BCUT2D eigenvalue weighted by atomic mass is 79.9. The monoisotopic (exact) mass is 306 g/mol. The molecule has 0 spiro atoms. The zero-order valence-electron chi connectivity index (χ0n) is 6.14. The number of aromatic nitrogens is 2. The fourth-order valence-corrected chi connectivity index (χ4v) is 2.85. The summed E-state index contributed by atoms with van der Waals surface area (Å²) in [6, 6.07) is 2.06. The highest BCUT2D eigenvalue weighted by Gasteiger charge is 2.09. The lowest BCUT2D eigenvalue weighted by atomic mass is 10.2. The highest BCUT2D eigenvalue weighted by Crippen LogP contribution is 2.33. The molecule has 12 heavy (non-hydrogen) atoms. The predicted molar refractivity (Wildman–Crippen MR) is 57.6 cm³/mol. The van der Waals surface area contributed by atoms with Crippen LogP contribution in [0.5, 0.6) is 0 Å². The van der Waals surface area contributed by atoms with Crippen LogP contribution < -0.4 is 0 Å². The minimum atomic E-state index is 0.937. The van der Waals surface area contributed by atoms with E-state index in [9.17, 15) is 0 Å². The lowest BCUT2D eigenvalue weighted by molar-refractivity contribution is 1.19. The standard InChI is InChI=1S/C7H4Br2N2S/c1-3-2-4(8)7-6(5(3)9)10-11-12-7/h2H,1H3. The number of benzene rings is 1. The first-order chi connectivity index (χ1) is 5.70. The molecule has 62 valence electrons. The van der Waals surface area contributed by atoms with Crippen molar-refractivity contribution in [2.75, 3.05) is 0 Å². The molecule has 0 aliphatic rings. The summed E-state index contributed by atoms with van der Waals surface area (Å²) in [5.41, 5.74) is 2.11. The molecular weight excluding hydrogens is 304 g/mol. The Bertz CT molecular complexity index is 438. The number of halogens is 2. The predicted octanol–water partition coefficient (Wildman–Crippen LogP) is 3.52. The fourth-order valence-electron chi connectivity index (χ4n) is 0.997. The fraction of sp³-hybridized carbons (Fsp3) is 0.143. The maximum atomic E-state index is 4.03. The molecule has 0 saturated heterocycles. The Morgan fingerprint density at radius 2 is 2.17 bits per heavy atom. The van der Waals surface area contributed by atoms with Crippen molar-refractivity contribution in [3.63, 3.8) is 0 Å². The molecule has 0 unspecified atom stereocenters. The molecule has 0 fully saturated rings. The number of aryl methyl sites for hydroxylation is 1. The van der Waals surface area contributed by atoms with E-state index in [-0.39, 0.29) is 0 Å². The molecule has 0 radical (unpaired) electrons. The normalized spacial score (nSPS) is 10.9. The van der Waals surface area contributed by atoms with Crippen LogP contribution in [0.3, 0.4) is 0 Å². The average Bonchev–Trinajstić information content (AvgIpc) is 2.48. The highest BCUT2D eigenvalue weighted by molar-refractivity contribution is 9.11. The summed E-state index contributed by atoms with van der Waals surface area (Å²) in [4.78, 5) is 0. The third-order valence-electron chi connectivity index (χ3n) is 1.60. The van der Waals surface area contributed by atoms with Gasteiger partial charge in [-0.15, -0.1) is 5.10 Å². The van der Waals surface area contributed by atoms with Crippen LogP contribution in [-0.4, -0.2) is 9.59 Å². The molecule has 0 saturated carbocycles. The lowest BCUT2D eigenvalue weighted by Gasteiger charge is -1.98. The summed E-state index contributed by atoms with van der Waals surface area (Å²) in [6.45, 7) is 2.04. The van der Waals surface area contributed by atoms with Crippen LogP contribution in [0.25, 0.3) is 10.2 Å². The maximum Gasteiger partial charge on any atom is 0.121 e. The summed E-state index contributed by atoms with van der Waals surface area (Å²) < 4.78 is 7.09. The Balaban J connectivity index is 2.97. The van der Waals surface area contributed by atoms with E-state index in [2.05, 4.69) is 47.5 Å². The molecule has 2 aromatic rings. The molecule has 0 atom stereocenters. The van der Waals surface area contributed by atoms with E-state index in [1.54, 1.807) is 0 Å². The van der Waals surface area contributed by atoms with Crippen molar-refractivity contribution in [3.8, 4) is 0 Å². The van der Waals surface area contributed by atoms with Gasteiger partial charge in [0, 0.05) is 8.95 Å². The summed E-state index contributed by atoms with van der Waals surface area (Å²) in [6.07, 6.45) is 0. The van der Waals surface area contributed by atoms with Gasteiger partial charge >= 0.3 is 0 Å². The molecule has 2 nitrogen and oxygen atoms in total. The molecule has 5 heteroatoms. The van der Waals surface area contributed by atoms with E-state index >= 15 is 0 Å². The topological polar surface area (TPSA) is 25.8 Å². The zero-order valence-corrected chi connectivity index (χ0v) is 10.1. The van der Waals surface area contributed by atoms with Crippen molar-refractivity contribution < 1.29 is 0 Å². The summed E-state index contributed by atoms with van der Waals surface area (Å²) in [7, 11) is 0. The minimum Gasteiger partial charge on any atom is -0.137 e. The minimum absolute atomic E-state index is 0.937. The molecular formula is C7H4Br2N2S. The van der Waals surface area contributed by atoms with Crippen molar-refractivity contribution in [1.82, 2.24) is 9.59 Å². The maximum absolute atomic E-state index is 4.03. The summed E-state index contributed by atoms with van der Waals surface area (Å²) >= 11 is 8.35. The van der Waals surface area contributed by atoms with Gasteiger partial charge in [0.05, 0.1) is 4.70 Å². The second-order valence-corrected chi connectivity index (χ2v) is 4.84. The number of fused-ring (bicyclic) bond motifs is 1. The van der Waals surface area contributed by atoms with Crippen LogP contribution in [0.2, 0.25) is 0 Å². The quantitative estimate of drug-likeness (QED) is 0.744. The summed E-state index contributed by atoms with van der Waals surface area (Å²) in [5, 5.41) is 4.03. The van der Waals surface area contributed by atoms with Crippen LogP contribution in [0.1, 0.15) is 5.56 Å². The number of hydrogen-bond donors (Lipinski definition) is 0. The van der Waals surface area contributed by atoms with E-state index in [0.29, 0.717) is 0 Å². The molecule has 1 aromatic heterocycles. The van der Waals surface area contributed by atoms with Crippen LogP contribution in [0.4, 0.5) is 0 Å². The van der Waals surface area contributed by atoms with Crippen molar-refractivity contribution in [2.24, 2.45) is 0 Å². The third-order valence-corrected chi connectivity index (χ3v) is 4.25. The number of hydrogen-bond acceptors (Lipinski definition) is 3. The zero-order chi connectivity index (χ0) is 8.72. The van der Waals surface area contributed by atoms with E-state index in [1.807, 2.05) is 6.92 Å². The van der Waals surface area contributed by atoms with Gasteiger partial charge in [-0.05, 0) is 61.9 Å². The molecule has 1 heterocycles. The molecule has 2 rings (SSSR count). The van der Waals surface area contributed by atoms with Crippen molar-refractivity contribution >= 4 is 53.6 Å². The Morgan fingerprint density at radius 1 is 1.42 bits per heavy atom. The SMILES string of the molecule is Cc1cc(Br)c2snnc2c1Br. The number of rotatable bonds is 0. The lowest BCUT2D eigenvalue weighted by Crippen LogP contribution is -1.79. The average molecular weight is 308 g/mol. The molecule has 1 aromatic carbocycles. The van der Waals surface area contributed by atoms with Gasteiger partial charge in [-0.2, -0.15) is 0 Å².